The second-order valence-corrected chi connectivity index (χ2v) is 6.92. The summed E-state index contributed by atoms with van der Waals surface area (Å²) in [6, 6.07) is 1.92. The average Bonchev–Trinajstić information content (AvgIpc) is 3.20. The molecule has 1 aliphatic heterocycles. The van der Waals surface area contributed by atoms with E-state index >= 15 is 0 Å². The van der Waals surface area contributed by atoms with Crippen molar-refractivity contribution in [3.05, 3.63) is 28.3 Å². The number of carboxylic acid groups (broad SMARTS) is 1. The first-order chi connectivity index (χ1) is 10.9. The van der Waals surface area contributed by atoms with Crippen LogP contribution in [0, 0.1) is 12.3 Å². The molecule has 0 saturated carbocycles. The van der Waals surface area contributed by atoms with Crippen LogP contribution in [0.5, 0.6) is 0 Å². The van der Waals surface area contributed by atoms with Gasteiger partial charge in [0, 0.05) is 24.0 Å². The molecule has 3 rings (SSSR count). The van der Waals surface area contributed by atoms with Crippen molar-refractivity contribution >= 4 is 23.2 Å². The molecule has 2 aromatic rings. The lowest BCUT2D eigenvalue weighted by atomic mass is 9.90. The molecule has 0 aromatic carbocycles. The Morgan fingerprint density at radius 3 is 2.91 bits per heavy atom. The van der Waals surface area contributed by atoms with Crippen molar-refractivity contribution in [3.63, 3.8) is 0 Å². The molecule has 23 heavy (non-hydrogen) atoms. The maximum absolute atomic E-state index is 12.4. The monoisotopic (exact) mass is 334 g/mol. The summed E-state index contributed by atoms with van der Waals surface area (Å²) in [6.45, 7) is 4.18. The van der Waals surface area contributed by atoms with Gasteiger partial charge in [0.05, 0.1) is 17.5 Å². The molecule has 0 aliphatic carbocycles. The van der Waals surface area contributed by atoms with E-state index < -0.39 is 11.4 Å². The van der Waals surface area contributed by atoms with Gasteiger partial charge in [0.25, 0.3) is 0 Å². The van der Waals surface area contributed by atoms with Gasteiger partial charge in [-0.2, -0.15) is 11.3 Å². The van der Waals surface area contributed by atoms with Crippen LogP contribution in [0.15, 0.2) is 21.2 Å². The van der Waals surface area contributed by atoms with Gasteiger partial charge >= 0.3 is 5.97 Å². The minimum absolute atomic E-state index is 0.108. The average molecular weight is 334 g/mol. The molecule has 2 aromatic heterocycles. The fraction of sp³-hybridized carbons (Fsp3) is 0.438. The summed E-state index contributed by atoms with van der Waals surface area (Å²) >= 11 is 1.56. The van der Waals surface area contributed by atoms with Crippen LogP contribution >= 0.6 is 11.3 Å². The minimum Gasteiger partial charge on any atom is -0.481 e. The second kappa shape index (κ2) is 5.81. The van der Waals surface area contributed by atoms with Crippen LogP contribution < -0.4 is 0 Å². The Labute approximate surface area is 137 Å². The molecule has 0 bridgehead atoms. The Bertz CT molecular complexity index is 737. The number of aryl methyl sites for hydroxylation is 1. The molecule has 0 radical (unpaired) electrons. The van der Waals surface area contributed by atoms with Crippen molar-refractivity contribution in [3.8, 4) is 11.5 Å². The Kier molecular flexibility index (Phi) is 3.97. The van der Waals surface area contributed by atoms with Crippen LogP contribution in [0.4, 0.5) is 0 Å². The number of hydrogen-bond acceptors (Lipinski definition) is 5. The number of carbonyl (C=O) groups is 2. The number of nitrogens with zero attached hydrogens (tertiary/aromatic N) is 2. The Balaban J connectivity index is 1.71. The van der Waals surface area contributed by atoms with Crippen molar-refractivity contribution in [1.82, 2.24) is 9.88 Å². The maximum atomic E-state index is 12.4. The Morgan fingerprint density at radius 2 is 2.30 bits per heavy atom. The van der Waals surface area contributed by atoms with Crippen LogP contribution in [-0.2, 0) is 16.0 Å². The number of hydrogen-bond donors (Lipinski definition) is 1. The highest BCUT2D eigenvalue weighted by Gasteiger charge is 2.42. The zero-order valence-corrected chi connectivity index (χ0v) is 13.9. The van der Waals surface area contributed by atoms with E-state index in [-0.39, 0.29) is 18.9 Å². The summed E-state index contributed by atoms with van der Waals surface area (Å²) in [5.74, 6) is 0.177. The summed E-state index contributed by atoms with van der Waals surface area (Å²) in [5.41, 5.74) is 0.660. The lowest BCUT2D eigenvalue weighted by Gasteiger charge is -2.19. The smallest absolute Gasteiger partial charge is 0.311 e. The Hall–Kier alpha value is -2.15. The third-order valence-electron chi connectivity index (χ3n) is 4.32. The first-order valence-corrected chi connectivity index (χ1v) is 8.33. The molecule has 0 spiro atoms. The molecule has 1 N–H and O–H groups in total. The number of rotatable bonds is 4. The topological polar surface area (TPSA) is 83.6 Å². The molecule has 6 nitrogen and oxygen atoms in total. The highest BCUT2D eigenvalue weighted by atomic mass is 32.1. The number of aliphatic carboxylic acids is 1. The summed E-state index contributed by atoms with van der Waals surface area (Å²) in [7, 11) is 0. The van der Waals surface area contributed by atoms with E-state index in [1.54, 1.807) is 30.1 Å². The predicted molar refractivity (Wildman–Crippen MR) is 85.2 cm³/mol. The standard InChI is InChI=1S/C16H18N2O4S/c1-10-12(17-14(22-10)11-3-6-23-8-11)7-13(19)18-5-4-16(2,9-18)15(20)21/h3,6,8H,4-5,7,9H2,1-2H3,(H,20,21). The van der Waals surface area contributed by atoms with E-state index in [0.717, 1.165) is 5.56 Å². The molecule has 3 heterocycles. The van der Waals surface area contributed by atoms with E-state index in [9.17, 15) is 14.7 Å². The summed E-state index contributed by atoms with van der Waals surface area (Å²) in [5, 5.41) is 13.1. The highest BCUT2D eigenvalue weighted by Crippen LogP contribution is 2.31. The number of aromatic nitrogens is 1. The zero-order chi connectivity index (χ0) is 16.6. The van der Waals surface area contributed by atoms with Crippen molar-refractivity contribution in [2.75, 3.05) is 13.1 Å². The molecular weight excluding hydrogens is 316 g/mol. The fourth-order valence-corrected chi connectivity index (χ4v) is 3.33. The largest absolute Gasteiger partial charge is 0.481 e. The van der Waals surface area contributed by atoms with Gasteiger partial charge in [-0.05, 0) is 31.7 Å². The van der Waals surface area contributed by atoms with Gasteiger partial charge in [0.15, 0.2) is 0 Å². The first kappa shape index (κ1) is 15.7. The fourth-order valence-electron chi connectivity index (χ4n) is 2.71. The number of oxazole rings is 1. The van der Waals surface area contributed by atoms with Crippen molar-refractivity contribution in [2.24, 2.45) is 5.41 Å². The van der Waals surface area contributed by atoms with Crippen LogP contribution in [-0.4, -0.2) is 40.0 Å². The van der Waals surface area contributed by atoms with Crippen LogP contribution in [0.1, 0.15) is 24.8 Å². The maximum Gasteiger partial charge on any atom is 0.311 e. The molecular formula is C16H18N2O4S. The van der Waals surface area contributed by atoms with Gasteiger partial charge < -0.3 is 14.4 Å². The second-order valence-electron chi connectivity index (χ2n) is 6.14. The third-order valence-corrected chi connectivity index (χ3v) is 5.01. The number of likely N-dealkylation sites (tertiary alicyclic amines) is 1. The van der Waals surface area contributed by atoms with Crippen LogP contribution in [0.3, 0.4) is 0 Å². The summed E-state index contributed by atoms with van der Waals surface area (Å²) in [4.78, 5) is 29.7. The summed E-state index contributed by atoms with van der Waals surface area (Å²) in [6.07, 6.45) is 0.612. The van der Waals surface area contributed by atoms with Crippen LogP contribution in [0.25, 0.3) is 11.5 Å². The number of amides is 1. The third kappa shape index (κ3) is 3.01. The molecule has 1 amide bonds. The number of thiophene rings is 1. The normalized spacial score (nSPS) is 20.9. The molecule has 122 valence electrons. The molecule has 1 saturated heterocycles. The lowest BCUT2D eigenvalue weighted by molar-refractivity contribution is -0.147. The van der Waals surface area contributed by atoms with Gasteiger partial charge in [-0.1, -0.05) is 0 Å². The molecule has 1 aliphatic rings. The van der Waals surface area contributed by atoms with Gasteiger partial charge in [-0.15, -0.1) is 0 Å². The molecule has 7 heteroatoms. The highest BCUT2D eigenvalue weighted by molar-refractivity contribution is 7.08. The van der Waals surface area contributed by atoms with Gasteiger partial charge in [0.2, 0.25) is 11.8 Å². The van der Waals surface area contributed by atoms with Crippen molar-refractivity contribution < 1.29 is 19.1 Å². The predicted octanol–water partition coefficient (Wildman–Crippen LogP) is 2.58. The van der Waals surface area contributed by atoms with Crippen molar-refractivity contribution in [2.45, 2.75) is 26.7 Å². The Morgan fingerprint density at radius 1 is 1.52 bits per heavy atom. The first-order valence-electron chi connectivity index (χ1n) is 7.39. The van der Waals surface area contributed by atoms with E-state index in [2.05, 4.69) is 4.98 Å². The SMILES string of the molecule is Cc1oc(-c2ccsc2)nc1CC(=O)N1CCC(C)(C(=O)O)C1. The van der Waals surface area contributed by atoms with Gasteiger partial charge in [-0.3, -0.25) is 9.59 Å². The van der Waals surface area contributed by atoms with Gasteiger partial charge in [0.1, 0.15) is 5.76 Å². The number of carbonyl (C=O) groups excluding carboxylic acids is 1. The van der Waals surface area contributed by atoms with Crippen LogP contribution in [0.2, 0.25) is 0 Å². The minimum atomic E-state index is -0.856. The molecule has 1 unspecified atom stereocenters. The molecule has 1 fully saturated rings. The number of carboxylic acids is 1. The van der Waals surface area contributed by atoms with E-state index in [1.165, 1.54) is 0 Å². The van der Waals surface area contributed by atoms with E-state index in [0.29, 0.717) is 30.3 Å². The quantitative estimate of drug-likeness (QED) is 0.929. The zero-order valence-electron chi connectivity index (χ0n) is 13.0. The van der Waals surface area contributed by atoms with E-state index in [4.69, 9.17) is 4.42 Å². The lowest BCUT2D eigenvalue weighted by Crippen LogP contribution is -2.35. The van der Waals surface area contributed by atoms with E-state index in [1.807, 2.05) is 16.8 Å². The van der Waals surface area contributed by atoms with Crippen molar-refractivity contribution in [1.29, 1.82) is 0 Å². The van der Waals surface area contributed by atoms with Gasteiger partial charge in [-0.25, -0.2) is 4.98 Å². The summed E-state index contributed by atoms with van der Waals surface area (Å²) < 4.78 is 5.63. The molecule has 1 atom stereocenters.